The number of aryl methyl sites for hydroxylation is 1. The highest BCUT2D eigenvalue weighted by atomic mass is 16.5. The standard InChI is InChI=1S/C21H23N3O2/c1-22-10-9-18-19(7-4-8-20(18)22)21(25)24-13-11-23(12-14-24)16-5-3-6-17(15-16)26-2/h3-10,15H,11-14H2,1-2H3. The van der Waals surface area contributed by atoms with Crippen LogP contribution < -0.4 is 9.64 Å². The summed E-state index contributed by atoms with van der Waals surface area (Å²) in [5.74, 6) is 0.976. The van der Waals surface area contributed by atoms with E-state index in [0.717, 1.165) is 54.1 Å². The lowest BCUT2D eigenvalue weighted by atomic mass is 10.1. The molecule has 3 aromatic rings. The zero-order chi connectivity index (χ0) is 18.1. The molecule has 26 heavy (non-hydrogen) atoms. The number of methoxy groups -OCH3 is 1. The molecular formula is C21H23N3O2. The van der Waals surface area contributed by atoms with Gasteiger partial charge in [0.05, 0.1) is 7.11 Å². The summed E-state index contributed by atoms with van der Waals surface area (Å²) >= 11 is 0. The smallest absolute Gasteiger partial charge is 0.254 e. The van der Waals surface area contributed by atoms with Crippen molar-refractivity contribution in [2.75, 3.05) is 38.2 Å². The van der Waals surface area contributed by atoms with Crippen molar-refractivity contribution < 1.29 is 9.53 Å². The molecule has 0 radical (unpaired) electrons. The molecule has 1 fully saturated rings. The molecule has 0 atom stereocenters. The van der Waals surface area contributed by atoms with Gasteiger partial charge in [0, 0.05) is 67.6 Å². The lowest BCUT2D eigenvalue weighted by Gasteiger charge is -2.36. The fraction of sp³-hybridized carbons (Fsp3) is 0.286. The third-order valence-electron chi connectivity index (χ3n) is 5.14. The zero-order valence-electron chi connectivity index (χ0n) is 15.2. The van der Waals surface area contributed by atoms with Crippen LogP contribution in [0, 0.1) is 0 Å². The number of carbonyl (C=O) groups is 1. The Kier molecular flexibility index (Phi) is 4.29. The van der Waals surface area contributed by atoms with Gasteiger partial charge in [-0.1, -0.05) is 12.1 Å². The predicted octanol–water partition coefficient (Wildman–Crippen LogP) is 3.15. The summed E-state index contributed by atoms with van der Waals surface area (Å²) in [5.41, 5.74) is 3.02. The minimum Gasteiger partial charge on any atom is -0.497 e. The Labute approximate surface area is 153 Å². The molecule has 0 unspecified atom stereocenters. The van der Waals surface area contributed by atoms with Crippen LogP contribution in [0.1, 0.15) is 10.4 Å². The summed E-state index contributed by atoms with van der Waals surface area (Å²) in [4.78, 5) is 17.3. The first-order chi connectivity index (χ1) is 12.7. The Morgan fingerprint density at radius 1 is 1.00 bits per heavy atom. The number of aromatic nitrogens is 1. The van der Waals surface area contributed by atoms with Gasteiger partial charge in [-0.05, 0) is 30.3 Å². The summed E-state index contributed by atoms with van der Waals surface area (Å²) < 4.78 is 7.36. The number of ether oxygens (including phenoxy) is 1. The summed E-state index contributed by atoms with van der Waals surface area (Å²) in [6.45, 7) is 3.09. The van der Waals surface area contributed by atoms with Gasteiger partial charge in [0.15, 0.2) is 0 Å². The van der Waals surface area contributed by atoms with E-state index in [9.17, 15) is 4.79 Å². The summed E-state index contributed by atoms with van der Waals surface area (Å²) in [6, 6.07) is 16.0. The molecule has 4 rings (SSSR count). The van der Waals surface area contributed by atoms with E-state index in [4.69, 9.17) is 4.74 Å². The topological polar surface area (TPSA) is 37.7 Å². The van der Waals surface area contributed by atoms with Crippen molar-refractivity contribution in [3.05, 3.63) is 60.3 Å². The second kappa shape index (κ2) is 6.75. The van der Waals surface area contributed by atoms with Crippen molar-refractivity contribution in [3.8, 4) is 5.75 Å². The maximum Gasteiger partial charge on any atom is 0.254 e. The van der Waals surface area contributed by atoms with Crippen molar-refractivity contribution in [2.24, 2.45) is 7.05 Å². The molecule has 1 saturated heterocycles. The lowest BCUT2D eigenvalue weighted by Crippen LogP contribution is -2.48. The maximum atomic E-state index is 13.0. The number of nitrogens with zero attached hydrogens (tertiary/aromatic N) is 3. The Bertz CT molecular complexity index is 939. The number of amides is 1. The van der Waals surface area contributed by atoms with E-state index in [2.05, 4.69) is 11.0 Å². The molecule has 1 amide bonds. The zero-order valence-corrected chi connectivity index (χ0v) is 15.2. The van der Waals surface area contributed by atoms with E-state index in [-0.39, 0.29) is 5.91 Å². The van der Waals surface area contributed by atoms with Gasteiger partial charge >= 0.3 is 0 Å². The molecule has 0 spiro atoms. The van der Waals surface area contributed by atoms with Crippen molar-refractivity contribution in [1.29, 1.82) is 0 Å². The molecule has 0 bridgehead atoms. The quantitative estimate of drug-likeness (QED) is 0.729. The largest absolute Gasteiger partial charge is 0.497 e. The minimum atomic E-state index is 0.118. The fourth-order valence-electron chi connectivity index (χ4n) is 3.63. The van der Waals surface area contributed by atoms with Crippen LogP contribution in [0.15, 0.2) is 54.7 Å². The molecule has 0 aliphatic carbocycles. The van der Waals surface area contributed by atoms with Crippen LogP contribution in [0.2, 0.25) is 0 Å². The summed E-state index contributed by atoms with van der Waals surface area (Å²) in [7, 11) is 3.68. The second-order valence-electron chi connectivity index (χ2n) is 6.65. The maximum absolute atomic E-state index is 13.0. The first-order valence-corrected chi connectivity index (χ1v) is 8.90. The molecule has 1 aliphatic heterocycles. The van der Waals surface area contributed by atoms with Gasteiger partial charge in [0.25, 0.3) is 5.91 Å². The van der Waals surface area contributed by atoms with Crippen molar-refractivity contribution in [1.82, 2.24) is 9.47 Å². The van der Waals surface area contributed by atoms with E-state index in [1.54, 1.807) is 7.11 Å². The van der Waals surface area contributed by atoms with E-state index in [1.807, 2.05) is 65.2 Å². The molecule has 5 heteroatoms. The number of fused-ring (bicyclic) bond motifs is 1. The highest BCUT2D eigenvalue weighted by Crippen LogP contribution is 2.24. The number of piperazine rings is 1. The van der Waals surface area contributed by atoms with E-state index < -0.39 is 0 Å². The van der Waals surface area contributed by atoms with E-state index in [0.29, 0.717) is 0 Å². The molecule has 0 saturated carbocycles. The number of benzene rings is 2. The Balaban J connectivity index is 1.49. The van der Waals surface area contributed by atoms with Gasteiger partial charge in [-0.2, -0.15) is 0 Å². The highest BCUT2D eigenvalue weighted by Gasteiger charge is 2.24. The summed E-state index contributed by atoms with van der Waals surface area (Å²) in [5, 5.41) is 1.02. The SMILES string of the molecule is COc1cccc(N2CCN(C(=O)c3cccc4c3ccn4C)CC2)c1. The van der Waals surface area contributed by atoms with Gasteiger partial charge in [-0.25, -0.2) is 0 Å². The van der Waals surface area contributed by atoms with Crippen LogP contribution >= 0.6 is 0 Å². The van der Waals surface area contributed by atoms with Gasteiger partial charge < -0.3 is 19.1 Å². The molecule has 134 valence electrons. The van der Waals surface area contributed by atoms with E-state index >= 15 is 0 Å². The van der Waals surface area contributed by atoms with Crippen LogP contribution in [0.4, 0.5) is 5.69 Å². The number of anilines is 1. The molecule has 1 aliphatic rings. The highest BCUT2D eigenvalue weighted by molar-refractivity contribution is 6.06. The molecular weight excluding hydrogens is 326 g/mol. The number of carbonyl (C=O) groups excluding carboxylic acids is 1. The van der Waals surface area contributed by atoms with Crippen LogP contribution in [0.5, 0.6) is 5.75 Å². The van der Waals surface area contributed by atoms with Crippen LogP contribution in [0.3, 0.4) is 0 Å². The van der Waals surface area contributed by atoms with Gasteiger partial charge in [-0.15, -0.1) is 0 Å². The van der Waals surface area contributed by atoms with Crippen molar-refractivity contribution >= 4 is 22.5 Å². The lowest BCUT2D eigenvalue weighted by molar-refractivity contribution is 0.0749. The van der Waals surface area contributed by atoms with Crippen LogP contribution in [0.25, 0.3) is 10.9 Å². The average Bonchev–Trinajstić information content (AvgIpc) is 3.09. The first kappa shape index (κ1) is 16.5. The van der Waals surface area contributed by atoms with Crippen molar-refractivity contribution in [2.45, 2.75) is 0 Å². The van der Waals surface area contributed by atoms with Crippen LogP contribution in [-0.4, -0.2) is 48.7 Å². The third kappa shape index (κ3) is 2.90. The number of hydrogen-bond donors (Lipinski definition) is 0. The third-order valence-corrected chi connectivity index (χ3v) is 5.14. The molecule has 5 nitrogen and oxygen atoms in total. The molecule has 0 N–H and O–H groups in total. The molecule has 2 aromatic carbocycles. The van der Waals surface area contributed by atoms with Gasteiger partial charge in [-0.3, -0.25) is 4.79 Å². The van der Waals surface area contributed by atoms with Gasteiger partial charge in [0.2, 0.25) is 0 Å². The van der Waals surface area contributed by atoms with Crippen molar-refractivity contribution in [3.63, 3.8) is 0 Å². The van der Waals surface area contributed by atoms with E-state index in [1.165, 1.54) is 0 Å². The number of hydrogen-bond acceptors (Lipinski definition) is 3. The normalized spacial score (nSPS) is 14.7. The number of rotatable bonds is 3. The Hall–Kier alpha value is -2.95. The van der Waals surface area contributed by atoms with Crippen LogP contribution in [-0.2, 0) is 7.05 Å². The molecule has 1 aromatic heterocycles. The molecule has 2 heterocycles. The average molecular weight is 349 g/mol. The fourth-order valence-corrected chi connectivity index (χ4v) is 3.63. The Morgan fingerprint density at radius 3 is 2.54 bits per heavy atom. The predicted molar refractivity (Wildman–Crippen MR) is 104 cm³/mol. The minimum absolute atomic E-state index is 0.118. The Morgan fingerprint density at radius 2 is 1.77 bits per heavy atom. The summed E-state index contributed by atoms with van der Waals surface area (Å²) in [6.07, 6.45) is 2.00. The first-order valence-electron chi connectivity index (χ1n) is 8.90. The van der Waals surface area contributed by atoms with Gasteiger partial charge in [0.1, 0.15) is 5.75 Å². The second-order valence-corrected chi connectivity index (χ2v) is 6.65. The monoisotopic (exact) mass is 349 g/mol.